The number of para-hydroxylation sites is 1. The van der Waals surface area contributed by atoms with Crippen molar-refractivity contribution in [1.82, 2.24) is 4.98 Å². The lowest BCUT2D eigenvalue weighted by molar-refractivity contribution is 0.630. The molecule has 0 radical (unpaired) electrons. The molecule has 0 fully saturated rings. The van der Waals surface area contributed by atoms with Gasteiger partial charge >= 0.3 is 0 Å². The molecule has 17 heavy (non-hydrogen) atoms. The summed E-state index contributed by atoms with van der Waals surface area (Å²) in [6, 6.07) is 6.14. The Kier molecular flexibility index (Phi) is 3.48. The number of hydrogen-bond acceptors (Lipinski definition) is 0. The number of fused-ring (bicyclic) bond motifs is 1. The minimum atomic E-state index is 0.524. The minimum Gasteiger partial charge on any atom is -0.357 e. The molecule has 0 aliphatic rings. The van der Waals surface area contributed by atoms with Gasteiger partial charge in [0, 0.05) is 11.1 Å². The van der Waals surface area contributed by atoms with Crippen molar-refractivity contribution in [3.8, 4) is 0 Å². The van der Waals surface area contributed by atoms with Crippen LogP contribution in [0, 0.1) is 5.92 Å². The highest BCUT2D eigenvalue weighted by Crippen LogP contribution is 2.33. The van der Waals surface area contributed by atoms with E-state index in [1.54, 1.807) is 0 Å². The molecule has 1 nitrogen and oxygen atoms in total. The van der Waals surface area contributed by atoms with E-state index in [1.165, 1.54) is 16.6 Å². The van der Waals surface area contributed by atoms with Gasteiger partial charge in [-0.05, 0) is 29.9 Å². The molecule has 2 aromatic rings. The summed E-state index contributed by atoms with van der Waals surface area (Å²) in [6.45, 7) is 8.98. The number of benzene rings is 1. The van der Waals surface area contributed by atoms with Crippen molar-refractivity contribution in [3.05, 3.63) is 34.5 Å². The second-order valence-corrected chi connectivity index (χ2v) is 5.84. The maximum atomic E-state index is 6.25. The first-order chi connectivity index (χ1) is 8.00. The molecule has 0 aliphatic carbocycles. The molecule has 0 bridgehead atoms. The van der Waals surface area contributed by atoms with Gasteiger partial charge in [-0.2, -0.15) is 0 Å². The molecule has 1 aromatic carbocycles. The molecule has 1 N–H and O–H groups in total. The molecule has 2 rings (SSSR count). The monoisotopic (exact) mass is 249 g/mol. The predicted octanol–water partition coefficient (Wildman–Crippen LogP) is 5.14. The minimum absolute atomic E-state index is 0.524. The Morgan fingerprint density at radius 2 is 1.88 bits per heavy atom. The standard InChI is InChI=1S/C15H20ClN/c1-9(2)8-13-14(10(3)4)11-6-5-7-12(16)15(11)17-13/h5-7,9-10,17H,8H2,1-4H3. The molecule has 1 aromatic heterocycles. The van der Waals surface area contributed by atoms with Crippen molar-refractivity contribution < 1.29 is 0 Å². The zero-order valence-electron chi connectivity index (χ0n) is 11.0. The summed E-state index contributed by atoms with van der Waals surface area (Å²) < 4.78 is 0. The maximum absolute atomic E-state index is 6.25. The molecule has 92 valence electrons. The highest BCUT2D eigenvalue weighted by molar-refractivity contribution is 6.35. The van der Waals surface area contributed by atoms with E-state index in [9.17, 15) is 0 Å². The van der Waals surface area contributed by atoms with Crippen molar-refractivity contribution in [1.29, 1.82) is 0 Å². The van der Waals surface area contributed by atoms with Gasteiger partial charge in [0.05, 0.1) is 10.5 Å². The Bertz CT molecular complexity index is 523. The molecule has 0 amide bonds. The number of aromatic amines is 1. The Balaban J connectivity index is 2.66. The fraction of sp³-hybridized carbons (Fsp3) is 0.467. The average Bonchev–Trinajstić information content (AvgIpc) is 2.56. The zero-order chi connectivity index (χ0) is 12.6. The van der Waals surface area contributed by atoms with Crippen LogP contribution in [0.3, 0.4) is 0 Å². The van der Waals surface area contributed by atoms with Crippen LogP contribution >= 0.6 is 11.6 Å². The third kappa shape index (κ3) is 2.35. The molecule has 2 heteroatoms. The highest BCUT2D eigenvalue weighted by atomic mass is 35.5. The molecule has 0 saturated carbocycles. The average molecular weight is 250 g/mol. The maximum Gasteiger partial charge on any atom is 0.0648 e. The first-order valence-electron chi connectivity index (χ1n) is 6.29. The Morgan fingerprint density at radius 3 is 2.47 bits per heavy atom. The topological polar surface area (TPSA) is 15.8 Å². The third-order valence-electron chi connectivity index (χ3n) is 3.09. The van der Waals surface area contributed by atoms with Gasteiger partial charge in [-0.15, -0.1) is 0 Å². The summed E-state index contributed by atoms with van der Waals surface area (Å²) in [5.41, 5.74) is 3.86. The predicted molar refractivity (Wildman–Crippen MR) is 75.9 cm³/mol. The van der Waals surface area contributed by atoms with Crippen LogP contribution in [0.4, 0.5) is 0 Å². The van der Waals surface area contributed by atoms with E-state index in [1.807, 2.05) is 12.1 Å². The van der Waals surface area contributed by atoms with Gasteiger partial charge in [0.1, 0.15) is 0 Å². The molecule has 0 unspecified atom stereocenters. The van der Waals surface area contributed by atoms with E-state index in [0.717, 1.165) is 17.0 Å². The summed E-state index contributed by atoms with van der Waals surface area (Å²) in [7, 11) is 0. The summed E-state index contributed by atoms with van der Waals surface area (Å²) in [6.07, 6.45) is 1.08. The van der Waals surface area contributed by atoms with Gasteiger partial charge in [0.15, 0.2) is 0 Å². The van der Waals surface area contributed by atoms with Crippen LogP contribution < -0.4 is 0 Å². The lowest BCUT2D eigenvalue weighted by atomic mass is 9.95. The molecular weight excluding hydrogens is 230 g/mol. The van der Waals surface area contributed by atoms with Crippen LogP contribution in [0.5, 0.6) is 0 Å². The smallest absolute Gasteiger partial charge is 0.0648 e. The molecule has 0 spiro atoms. The molecule has 1 heterocycles. The fourth-order valence-electron chi connectivity index (χ4n) is 2.49. The van der Waals surface area contributed by atoms with Crippen molar-refractivity contribution in [3.63, 3.8) is 0 Å². The van der Waals surface area contributed by atoms with E-state index in [2.05, 4.69) is 38.7 Å². The van der Waals surface area contributed by atoms with Crippen molar-refractivity contribution in [2.45, 2.75) is 40.0 Å². The summed E-state index contributed by atoms with van der Waals surface area (Å²) in [5, 5.41) is 2.10. The van der Waals surface area contributed by atoms with Crippen LogP contribution in [0.2, 0.25) is 5.02 Å². The van der Waals surface area contributed by atoms with E-state index < -0.39 is 0 Å². The second kappa shape index (κ2) is 4.73. The van der Waals surface area contributed by atoms with Crippen molar-refractivity contribution in [2.75, 3.05) is 0 Å². The number of nitrogens with one attached hydrogen (secondary N) is 1. The normalized spacial score (nSPS) is 11.9. The van der Waals surface area contributed by atoms with Gasteiger partial charge in [0.2, 0.25) is 0 Å². The highest BCUT2D eigenvalue weighted by Gasteiger charge is 2.16. The van der Waals surface area contributed by atoms with Crippen LogP contribution in [0.1, 0.15) is 44.9 Å². The summed E-state index contributed by atoms with van der Waals surface area (Å²) >= 11 is 6.25. The van der Waals surface area contributed by atoms with Crippen LogP contribution in [0.15, 0.2) is 18.2 Å². The van der Waals surface area contributed by atoms with Gasteiger partial charge in [0.25, 0.3) is 0 Å². The van der Waals surface area contributed by atoms with Gasteiger partial charge in [-0.3, -0.25) is 0 Å². The van der Waals surface area contributed by atoms with Crippen molar-refractivity contribution in [2.24, 2.45) is 5.92 Å². The van der Waals surface area contributed by atoms with Crippen LogP contribution in [-0.4, -0.2) is 4.98 Å². The number of rotatable bonds is 3. The number of aromatic nitrogens is 1. The third-order valence-corrected chi connectivity index (χ3v) is 3.41. The van der Waals surface area contributed by atoms with Crippen LogP contribution in [0.25, 0.3) is 10.9 Å². The SMILES string of the molecule is CC(C)Cc1[nH]c2c(Cl)cccc2c1C(C)C. The van der Waals surface area contributed by atoms with E-state index in [0.29, 0.717) is 11.8 Å². The summed E-state index contributed by atoms with van der Waals surface area (Å²) in [5.74, 6) is 1.18. The Morgan fingerprint density at radius 1 is 1.18 bits per heavy atom. The molecule has 0 aliphatic heterocycles. The first-order valence-corrected chi connectivity index (χ1v) is 6.67. The molecule has 0 atom stereocenters. The van der Waals surface area contributed by atoms with Gasteiger partial charge in [-0.1, -0.05) is 51.4 Å². The van der Waals surface area contributed by atoms with Gasteiger partial charge < -0.3 is 4.98 Å². The van der Waals surface area contributed by atoms with Crippen LogP contribution in [-0.2, 0) is 6.42 Å². The molecular formula is C15H20ClN. The summed E-state index contributed by atoms with van der Waals surface area (Å²) in [4.78, 5) is 3.51. The van der Waals surface area contributed by atoms with Crippen molar-refractivity contribution >= 4 is 22.5 Å². The molecule has 0 saturated heterocycles. The second-order valence-electron chi connectivity index (χ2n) is 5.43. The lowest BCUT2D eigenvalue weighted by Gasteiger charge is -2.10. The Labute approximate surface area is 108 Å². The number of hydrogen-bond donors (Lipinski definition) is 1. The number of halogens is 1. The Hall–Kier alpha value is -0.950. The number of H-pyrrole nitrogens is 1. The first kappa shape index (κ1) is 12.5. The zero-order valence-corrected chi connectivity index (χ0v) is 11.7. The van der Waals surface area contributed by atoms with E-state index in [4.69, 9.17) is 11.6 Å². The largest absolute Gasteiger partial charge is 0.357 e. The quantitative estimate of drug-likeness (QED) is 0.775. The van der Waals surface area contributed by atoms with E-state index in [-0.39, 0.29) is 0 Å². The van der Waals surface area contributed by atoms with E-state index >= 15 is 0 Å². The lowest BCUT2D eigenvalue weighted by Crippen LogP contribution is -1.99. The fourth-order valence-corrected chi connectivity index (χ4v) is 2.71. The van der Waals surface area contributed by atoms with Gasteiger partial charge in [-0.25, -0.2) is 0 Å².